The number of aliphatic hydroxyl groups is 1. The normalized spacial score (nSPS) is 38.8. The number of methoxy groups -OCH3 is 1. The van der Waals surface area contributed by atoms with Crippen molar-refractivity contribution in [3.8, 4) is 6.07 Å². The van der Waals surface area contributed by atoms with Gasteiger partial charge in [-0.3, -0.25) is 9.69 Å². The first-order valence-corrected chi connectivity index (χ1v) is 10.3. The van der Waals surface area contributed by atoms with Crippen LogP contribution in [0.4, 0.5) is 23.7 Å². The van der Waals surface area contributed by atoms with Crippen molar-refractivity contribution >= 4 is 17.7 Å². The molecular formula is C21H20F3N3O6. The standard InChI is InChI=1S/C21H20F3N3O6/c1-19-12-13-17(32-6-5-20(13,33-19)15(28)14(19)26-18(30)31-2)27(16(12)29)10-4-3-9(8-25)11(7-10)21(22,23)24/h3-4,7,12-15,17,28H,5-6H2,1-2H3,(H,26,30)/t12-,13+,14+,15+,17+,19+,20-/m0/s1. The lowest BCUT2D eigenvalue weighted by molar-refractivity contribution is -0.164. The maximum absolute atomic E-state index is 13.6. The van der Waals surface area contributed by atoms with Crippen LogP contribution in [0.2, 0.25) is 0 Å². The van der Waals surface area contributed by atoms with Crippen molar-refractivity contribution < 1.29 is 42.1 Å². The Kier molecular flexibility index (Phi) is 4.53. The molecule has 4 aliphatic rings. The van der Waals surface area contributed by atoms with Gasteiger partial charge in [-0.25, -0.2) is 4.79 Å². The van der Waals surface area contributed by atoms with E-state index in [1.165, 1.54) is 12.1 Å². The largest absolute Gasteiger partial charge is 0.453 e. The first kappa shape index (κ1) is 21.9. The summed E-state index contributed by atoms with van der Waals surface area (Å²) in [4.78, 5) is 26.7. The Hall–Kier alpha value is -2.88. The van der Waals surface area contributed by atoms with Crippen LogP contribution >= 0.6 is 0 Å². The number of alkyl carbamates (subject to hydrolysis) is 1. The van der Waals surface area contributed by atoms with Crippen LogP contribution in [0.3, 0.4) is 0 Å². The lowest BCUT2D eigenvalue weighted by atomic mass is 9.62. The van der Waals surface area contributed by atoms with Crippen molar-refractivity contribution in [3.63, 3.8) is 0 Å². The number of nitrogens with zero attached hydrogens (tertiary/aromatic N) is 2. The number of nitriles is 1. The summed E-state index contributed by atoms with van der Waals surface area (Å²) < 4.78 is 57.4. The van der Waals surface area contributed by atoms with Crippen LogP contribution < -0.4 is 10.2 Å². The molecule has 5 rings (SSSR count). The number of rotatable bonds is 2. The molecular weight excluding hydrogens is 447 g/mol. The Morgan fingerprint density at radius 1 is 1.42 bits per heavy atom. The minimum absolute atomic E-state index is 0.0715. The fraction of sp³-hybridized carbons (Fsp3) is 0.571. The van der Waals surface area contributed by atoms with E-state index in [2.05, 4.69) is 10.1 Å². The number of aliphatic hydroxyl groups excluding tert-OH is 1. The molecule has 176 valence electrons. The fourth-order valence-electron chi connectivity index (χ4n) is 6.11. The molecule has 12 heteroatoms. The highest BCUT2D eigenvalue weighted by Crippen LogP contribution is 2.65. The number of hydrogen-bond acceptors (Lipinski definition) is 7. The zero-order valence-electron chi connectivity index (χ0n) is 17.5. The van der Waals surface area contributed by atoms with Gasteiger partial charge >= 0.3 is 12.3 Å². The van der Waals surface area contributed by atoms with Gasteiger partial charge in [0.15, 0.2) is 0 Å². The molecule has 7 atom stereocenters. The highest BCUT2D eigenvalue weighted by molar-refractivity contribution is 6.00. The van der Waals surface area contributed by atoms with Crippen LogP contribution in [0.5, 0.6) is 0 Å². The van der Waals surface area contributed by atoms with Crippen LogP contribution in [-0.4, -0.2) is 60.4 Å². The summed E-state index contributed by atoms with van der Waals surface area (Å²) in [7, 11) is 1.16. The lowest BCUT2D eigenvalue weighted by Gasteiger charge is -2.45. The Morgan fingerprint density at radius 3 is 2.79 bits per heavy atom. The number of amides is 2. The summed E-state index contributed by atoms with van der Waals surface area (Å²) >= 11 is 0. The molecule has 33 heavy (non-hydrogen) atoms. The number of carbonyl (C=O) groups is 2. The van der Waals surface area contributed by atoms with Crippen LogP contribution in [0.1, 0.15) is 24.5 Å². The number of carbonyl (C=O) groups excluding carboxylic acids is 2. The molecule has 1 aromatic rings. The summed E-state index contributed by atoms with van der Waals surface area (Å²) in [5.74, 6) is -2.10. The van der Waals surface area contributed by atoms with E-state index in [1.54, 1.807) is 6.92 Å². The predicted octanol–water partition coefficient (Wildman–Crippen LogP) is 1.53. The maximum Gasteiger partial charge on any atom is 0.417 e. The second kappa shape index (κ2) is 6.82. The molecule has 0 radical (unpaired) electrons. The second-order valence-electron chi connectivity index (χ2n) is 8.86. The van der Waals surface area contributed by atoms with E-state index in [1.807, 2.05) is 0 Å². The molecule has 1 spiro atoms. The van der Waals surface area contributed by atoms with Crippen LogP contribution in [0.15, 0.2) is 18.2 Å². The number of benzene rings is 1. The molecule has 4 aliphatic heterocycles. The quantitative estimate of drug-likeness (QED) is 0.677. The van der Waals surface area contributed by atoms with Gasteiger partial charge in [0.25, 0.3) is 0 Å². The van der Waals surface area contributed by atoms with Crippen molar-refractivity contribution in [1.29, 1.82) is 5.26 Å². The van der Waals surface area contributed by atoms with E-state index in [-0.39, 0.29) is 18.7 Å². The van der Waals surface area contributed by atoms with Crippen LogP contribution in [-0.2, 0) is 25.2 Å². The molecule has 1 aromatic carbocycles. The molecule has 4 fully saturated rings. The molecule has 2 amide bonds. The molecule has 0 unspecified atom stereocenters. The van der Waals surface area contributed by atoms with E-state index >= 15 is 0 Å². The summed E-state index contributed by atoms with van der Waals surface area (Å²) in [6, 6.07) is 3.59. The summed E-state index contributed by atoms with van der Waals surface area (Å²) in [5.41, 5.74) is -4.36. The number of alkyl halides is 3. The number of anilines is 1. The number of halogens is 3. The van der Waals surface area contributed by atoms with Gasteiger partial charge in [-0.2, -0.15) is 18.4 Å². The van der Waals surface area contributed by atoms with Crippen molar-refractivity contribution in [2.75, 3.05) is 18.6 Å². The third-order valence-corrected chi connectivity index (χ3v) is 7.40. The maximum atomic E-state index is 13.6. The van der Waals surface area contributed by atoms with Gasteiger partial charge in [-0.1, -0.05) is 0 Å². The van der Waals surface area contributed by atoms with Gasteiger partial charge in [0.2, 0.25) is 5.91 Å². The first-order chi connectivity index (χ1) is 15.5. The average molecular weight is 467 g/mol. The SMILES string of the molecule is COC(=O)N[C@@H]1[C@@H](O)[C@]23CCO[C@@H]4[C@H]2[C@@H](C(=O)N4c2ccc(C#N)c(C(F)(F)F)c2)[C@@]1(C)O3. The van der Waals surface area contributed by atoms with Crippen LogP contribution in [0.25, 0.3) is 0 Å². The van der Waals surface area contributed by atoms with E-state index in [4.69, 9.17) is 14.7 Å². The molecule has 4 heterocycles. The number of fused-ring (bicyclic) bond motifs is 2. The van der Waals surface area contributed by atoms with Gasteiger partial charge in [0.05, 0.1) is 48.8 Å². The van der Waals surface area contributed by atoms with E-state index < -0.39 is 70.7 Å². The van der Waals surface area contributed by atoms with Crippen LogP contribution in [0, 0.1) is 23.2 Å². The molecule has 0 aliphatic carbocycles. The molecule has 2 N–H and O–H groups in total. The number of hydrogen-bond donors (Lipinski definition) is 2. The Bertz CT molecular complexity index is 1090. The van der Waals surface area contributed by atoms with Crippen molar-refractivity contribution in [2.45, 2.75) is 49.1 Å². The highest BCUT2D eigenvalue weighted by Gasteiger charge is 2.81. The van der Waals surface area contributed by atoms with Crippen molar-refractivity contribution in [3.05, 3.63) is 29.3 Å². The fourth-order valence-corrected chi connectivity index (χ4v) is 6.11. The number of ether oxygens (including phenoxy) is 3. The van der Waals surface area contributed by atoms with Crippen molar-refractivity contribution in [2.24, 2.45) is 11.8 Å². The Morgan fingerprint density at radius 2 is 2.15 bits per heavy atom. The topological polar surface area (TPSA) is 121 Å². The first-order valence-electron chi connectivity index (χ1n) is 10.3. The lowest BCUT2D eigenvalue weighted by Crippen LogP contribution is -2.65. The van der Waals surface area contributed by atoms with Crippen molar-refractivity contribution in [1.82, 2.24) is 5.32 Å². The Balaban J connectivity index is 1.60. The third-order valence-electron chi connectivity index (χ3n) is 7.40. The van der Waals surface area contributed by atoms with Gasteiger partial charge in [0.1, 0.15) is 23.5 Å². The second-order valence-corrected chi connectivity index (χ2v) is 8.86. The summed E-state index contributed by atoms with van der Waals surface area (Å²) in [6.45, 7) is 1.67. The molecule has 2 bridgehead atoms. The zero-order chi connectivity index (χ0) is 23.9. The van der Waals surface area contributed by atoms with E-state index in [9.17, 15) is 27.9 Å². The van der Waals surface area contributed by atoms with E-state index in [0.717, 1.165) is 24.1 Å². The molecule has 4 saturated heterocycles. The minimum atomic E-state index is -4.80. The van der Waals surface area contributed by atoms with Gasteiger partial charge in [-0.05, 0) is 25.1 Å². The monoisotopic (exact) mass is 467 g/mol. The molecule has 9 nitrogen and oxygen atoms in total. The summed E-state index contributed by atoms with van der Waals surface area (Å²) in [6.07, 6.45) is -7.52. The van der Waals surface area contributed by atoms with Gasteiger partial charge in [-0.15, -0.1) is 0 Å². The Labute approximate surface area is 186 Å². The smallest absolute Gasteiger partial charge is 0.417 e. The predicted molar refractivity (Wildman–Crippen MR) is 103 cm³/mol. The molecule has 0 saturated carbocycles. The highest BCUT2D eigenvalue weighted by atomic mass is 19.4. The minimum Gasteiger partial charge on any atom is -0.453 e. The third kappa shape index (κ3) is 2.70. The number of nitrogens with one attached hydrogen (secondary N) is 1. The zero-order valence-corrected chi connectivity index (χ0v) is 17.5. The van der Waals surface area contributed by atoms with E-state index in [0.29, 0.717) is 0 Å². The molecule has 0 aromatic heterocycles. The van der Waals surface area contributed by atoms with Gasteiger partial charge in [0, 0.05) is 12.1 Å². The summed E-state index contributed by atoms with van der Waals surface area (Å²) in [5, 5.41) is 22.8. The van der Waals surface area contributed by atoms with Gasteiger partial charge < -0.3 is 24.6 Å². The average Bonchev–Trinajstić information content (AvgIpc) is 3.31.